The number of benzene rings is 1. The van der Waals surface area contributed by atoms with Crippen molar-refractivity contribution in [3.8, 4) is 11.8 Å². The molecule has 1 aromatic rings. The van der Waals surface area contributed by atoms with Crippen LogP contribution >= 0.6 is 0 Å². The normalized spacial score (nSPS) is 9.78. The summed E-state index contributed by atoms with van der Waals surface area (Å²) in [5.74, 6) is 6.11. The molecule has 0 aliphatic rings. The van der Waals surface area contributed by atoms with Crippen molar-refractivity contribution in [1.29, 1.82) is 0 Å². The Kier molecular flexibility index (Phi) is 6.00. The van der Waals surface area contributed by atoms with Gasteiger partial charge in [0.1, 0.15) is 0 Å². The van der Waals surface area contributed by atoms with Crippen molar-refractivity contribution in [3.05, 3.63) is 35.4 Å². The second-order valence-electron chi connectivity index (χ2n) is 4.62. The van der Waals surface area contributed by atoms with Crippen LogP contribution in [0.1, 0.15) is 38.3 Å². The Hall–Kier alpha value is -1.75. The molecule has 18 heavy (non-hydrogen) atoms. The number of carbonyl (C=O) groups is 1. The van der Waals surface area contributed by atoms with Crippen LogP contribution in [0.3, 0.4) is 0 Å². The van der Waals surface area contributed by atoms with E-state index in [-0.39, 0.29) is 11.8 Å². The zero-order valence-corrected chi connectivity index (χ0v) is 11.4. The quantitative estimate of drug-likeness (QED) is 0.809. The smallest absolute Gasteiger partial charge is 0.223 e. The number of aryl methyl sites for hydroxylation is 1. The molecule has 1 amide bonds. The molecule has 1 rings (SSSR count). The van der Waals surface area contributed by atoms with Gasteiger partial charge < -0.3 is 5.32 Å². The number of hydrogen-bond donors (Lipinski definition) is 1. The first-order valence-corrected chi connectivity index (χ1v) is 6.49. The standard InChI is InChI=1S/C16H21NO/c1-4-7-14-8-5-9-15(12-14)10-6-11-17-16(18)13(2)3/h5,8-9,12-13H,4,7,11H2,1-3H3,(H,17,18). The fraction of sp³-hybridized carbons (Fsp3) is 0.438. The summed E-state index contributed by atoms with van der Waals surface area (Å²) in [5, 5.41) is 2.78. The van der Waals surface area contributed by atoms with Gasteiger partial charge in [-0.15, -0.1) is 0 Å². The van der Waals surface area contributed by atoms with E-state index in [0.29, 0.717) is 6.54 Å². The fourth-order valence-corrected chi connectivity index (χ4v) is 1.57. The minimum absolute atomic E-state index is 0.0136. The van der Waals surface area contributed by atoms with Crippen molar-refractivity contribution >= 4 is 5.91 Å². The van der Waals surface area contributed by atoms with Crippen molar-refractivity contribution in [2.75, 3.05) is 6.54 Å². The molecule has 0 spiro atoms. The lowest BCUT2D eigenvalue weighted by atomic mass is 10.1. The summed E-state index contributed by atoms with van der Waals surface area (Å²) in [4.78, 5) is 11.3. The Bertz CT molecular complexity index is 452. The Labute approximate surface area is 110 Å². The number of carbonyl (C=O) groups excluding carboxylic acids is 1. The molecule has 0 unspecified atom stereocenters. The number of hydrogen-bond acceptors (Lipinski definition) is 1. The minimum Gasteiger partial charge on any atom is -0.345 e. The van der Waals surface area contributed by atoms with Gasteiger partial charge in [-0.1, -0.05) is 51.2 Å². The first-order chi connectivity index (χ1) is 8.63. The third-order valence-corrected chi connectivity index (χ3v) is 2.57. The first kappa shape index (κ1) is 14.3. The third-order valence-electron chi connectivity index (χ3n) is 2.57. The zero-order valence-electron chi connectivity index (χ0n) is 11.4. The molecule has 2 heteroatoms. The average molecular weight is 243 g/mol. The van der Waals surface area contributed by atoms with Crippen molar-refractivity contribution in [1.82, 2.24) is 5.32 Å². The van der Waals surface area contributed by atoms with Gasteiger partial charge in [-0.3, -0.25) is 4.79 Å². The summed E-state index contributed by atoms with van der Waals surface area (Å²) in [6.07, 6.45) is 2.22. The highest BCUT2D eigenvalue weighted by Gasteiger charge is 2.03. The van der Waals surface area contributed by atoms with Crippen molar-refractivity contribution in [2.24, 2.45) is 5.92 Å². The Balaban J connectivity index is 2.52. The molecule has 0 aliphatic heterocycles. The predicted molar refractivity (Wildman–Crippen MR) is 75.2 cm³/mol. The predicted octanol–water partition coefficient (Wildman–Crippen LogP) is 2.76. The largest absolute Gasteiger partial charge is 0.345 e. The maximum atomic E-state index is 11.3. The molecule has 1 aromatic carbocycles. The van der Waals surface area contributed by atoms with Gasteiger partial charge in [-0.25, -0.2) is 0 Å². The summed E-state index contributed by atoms with van der Waals surface area (Å²) >= 11 is 0. The number of amides is 1. The molecule has 2 nitrogen and oxygen atoms in total. The second kappa shape index (κ2) is 7.55. The summed E-state index contributed by atoms with van der Waals surface area (Å²) in [7, 11) is 0. The molecular weight excluding hydrogens is 222 g/mol. The van der Waals surface area contributed by atoms with Crippen LogP contribution in [0.2, 0.25) is 0 Å². The first-order valence-electron chi connectivity index (χ1n) is 6.49. The molecule has 0 radical (unpaired) electrons. The van der Waals surface area contributed by atoms with E-state index < -0.39 is 0 Å². The molecular formula is C16H21NO. The molecule has 0 atom stereocenters. The van der Waals surface area contributed by atoms with E-state index in [2.05, 4.69) is 36.2 Å². The molecule has 0 heterocycles. The summed E-state index contributed by atoms with van der Waals surface area (Å²) in [5.41, 5.74) is 2.33. The van der Waals surface area contributed by atoms with Gasteiger partial charge in [0.15, 0.2) is 0 Å². The van der Waals surface area contributed by atoms with Gasteiger partial charge in [0, 0.05) is 11.5 Å². The van der Waals surface area contributed by atoms with E-state index in [1.807, 2.05) is 26.0 Å². The maximum Gasteiger partial charge on any atom is 0.223 e. The zero-order chi connectivity index (χ0) is 13.4. The molecule has 0 saturated carbocycles. The van der Waals surface area contributed by atoms with Gasteiger partial charge in [-0.05, 0) is 24.1 Å². The summed E-state index contributed by atoms with van der Waals surface area (Å²) < 4.78 is 0. The van der Waals surface area contributed by atoms with Crippen LogP contribution in [0.4, 0.5) is 0 Å². The van der Waals surface area contributed by atoms with Crippen LogP contribution in [0.5, 0.6) is 0 Å². The van der Waals surface area contributed by atoms with Gasteiger partial charge in [0.2, 0.25) is 5.91 Å². The highest BCUT2D eigenvalue weighted by Crippen LogP contribution is 2.06. The van der Waals surface area contributed by atoms with Crippen LogP contribution in [0, 0.1) is 17.8 Å². The van der Waals surface area contributed by atoms with Crippen LogP contribution < -0.4 is 5.32 Å². The lowest BCUT2D eigenvalue weighted by Crippen LogP contribution is -2.27. The third kappa shape index (κ3) is 5.05. The maximum absolute atomic E-state index is 11.3. The van der Waals surface area contributed by atoms with E-state index in [1.54, 1.807) is 0 Å². The highest BCUT2D eigenvalue weighted by molar-refractivity contribution is 5.78. The number of rotatable bonds is 4. The molecule has 0 saturated heterocycles. The van der Waals surface area contributed by atoms with Crippen molar-refractivity contribution in [3.63, 3.8) is 0 Å². The van der Waals surface area contributed by atoms with Gasteiger partial charge in [-0.2, -0.15) is 0 Å². The van der Waals surface area contributed by atoms with Crippen LogP contribution in [-0.4, -0.2) is 12.5 Å². The lowest BCUT2D eigenvalue weighted by Gasteiger charge is -2.02. The fourth-order valence-electron chi connectivity index (χ4n) is 1.57. The summed E-state index contributed by atoms with van der Waals surface area (Å²) in [6.45, 7) is 6.32. The topological polar surface area (TPSA) is 29.1 Å². The van der Waals surface area contributed by atoms with Gasteiger partial charge in [0.05, 0.1) is 6.54 Å². The average Bonchev–Trinajstić information content (AvgIpc) is 2.35. The Morgan fingerprint density at radius 3 is 2.83 bits per heavy atom. The SMILES string of the molecule is CCCc1cccc(C#CCNC(=O)C(C)C)c1. The van der Waals surface area contributed by atoms with Crippen LogP contribution in [0.15, 0.2) is 24.3 Å². The molecule has 0 bridgehead atoms. The highest BCUT2D eigenvalue weighted by atomic mass is 16.1. The molecule has 0 fully saturated rings. The molecule has 96 valence electrons. The van der Waals surface area contributed by atoms with E-state index in [4.69, 9.17) is 0 Å². The Morgan fingerprint density at radius 2 is 2.17 bits per heavy atom. The van der Waals surface area contributed by atoms with Crippen molar-refractivity contribution in [2.45, 2.75) is 33.6 Å². The van der Waals surface area contributed by atoms with Crippen LogP contribution in [-0.2, 0) is 11.2 Å². The summed E-state index contributed by atoms with van der Waals surface area (Å²) in [6, 6.07) is 8.26. The number of nitrogens with one attached hydrogen (secondary N) is 1. The lowest BCUT2D eigenvalue weighted by molar-refractivity contribution is -0.123. The Morgan fingerprint density at radius 1 is 1.39 bits per heavy atom. The second-order valence-corrected chi connectivity index (χ2v) is 4.62. The molecule has 0 aromatic heterocycles. The van der Waals surface area contributed by atoms with E-state index in [1.165, 1.54) is 5.56 Å². The van der Waals surface area contributed by atoms with Gasteiger partial charge in [0.25, 0.3) is 0 Å². The monoisotopic (exact) mass is 243 g/mol. The molecule has 0 aliphatic carbocycles. The van der Waals surface area contributed by atoms with E-state index in [0.717, 1.165) is 18.4 Å². The van der Waals surface area contributed by atoms with E-state index in [9.17, 15) is 4.79 Å². The van der Waals surface area contributed by atoms with Gasteiger partial charge >= 0.3 is 0 Å². The van der Waals surface area contributed by atoms with Crippen molar-refractivity contribution < 1.29 is 4.79 Å². The molecule has 1 N–H and O–H groups in total. The minimum atomic E-state index is 0.0136. The van der Waals surface area contributed by atoms with Crippen LogP contribution in [0.25, 0.3) is 0 Å². The van der Waals surface area contributed by atoms with E-state index >= 15 is 0 Å².